The normalized spacial score (nSPS) is 11.6. The fraction of sp³-hybridized carbons (Fsp3) is 0. The highest BCUT2D eigenvalue weighted by Crippen LogP contribution is 2.45. The standard InChI is InChI=1S/C51H31N3O2/c1-2-12-34(13-3-1)51-53-44(31-45(54-51)36-15-10-14-35(30-36)43-20-8-9-29-52-43)33-25-23-32(24-26-33)37-27-28-39(48-42-17-5-7-22-47(42)56-50(37)48)41-19-11-18-40-38-16-4-6-21-46(38)55-49(40)41/h1-31H. The second-order valence-electron chi connectivity index (χ2n) is 13.9. The van der Waals surface area contributed by atoms with Crippen LogP contribution in [0, 0.1) is 0 Å². The van der Waals surface area contributed by atoms with E-state index in [4.69, 9.17) is 18.8 Å². The number of hydrogen-bond acceptors (Lipinski definition) is 5. The molecule has 0 fully saturated rings. The first-order valence-electron chi connectivity index (χ1n) is 18.7. The second kappa shape index (κ2) is 13.0. The fourth-order valence-corrected chi connectivity index (χ4v) is 7.89. The van der Waals surface area contributed by atoms with E-state index in [0.717, 1.165) is 105 Å². The molecule has 0 saturated heterocycles. The van der Waals surface area contributed by atoms with Gasteiger partial charge in [0.15, 0.2) is 5.82 Å². The Balaban J connectivity index is 1.03. The minimum absolute atomic E-state index is 0.671. The summed E-state index contributed by atoms with van der Waals surface area (Å²) in [7, 11) is 0. The van der Waals surface area contributed by atoms with E-state index in [1.807, 2.05) is 79.0 Å². The van der Waals surface area contributed by atoms with Crippen molar-refractivity contribution in [3.05, 3.63) is 188 Å². The summed E-state index contributed by atoms with van der Waals surface area (Å²) in [4.78, 5) is 14.7. The quantitative estimate of drug-likeness (QED) is 0.171. The first kappa shape index (κ1) is 31.9. The number of furan rings is 2. The molecule has 0 spiro atoms. The Morgan fingerprint density at radius 1 is 0.339 bits per heavy atom. The lowest BCUT2D eigenvalue weighted by atomic mass is 9.93. The van der Waals surface area contributed by atoms with E-state index < -0.39 is 0 Å². The lowest BCUT2D eigenvalue weighted by Crippen LogP contribution is -1.96. The van der Waals surface area contributed by atoms with Crippen LogP contribution in [0.5, 0.6) is 0 Å². The molecule has 5 nitrogen and oxygen atoms in total. The smallest absolute Gasteiger partial charge is 0.160 e. The minimum Gasteiger partial charge on any atom is -0.455 e. The molecule has 5 heteroatoms. The summed E-state index contributed by atoms with van der Waals surface area (Å²) < 4.78 is 13.2. The monoisotopic (exact) mass is 717 g/mol. The average molecular weight is 718 g/mol. The van der Waals surface area contributed by atoms with Gasteiger partial charge in [-0.15, -0.1) is 0 Å². The molecule has 0 aliphatic rings. The fourth-order valence-electron chi connectivity index (χ4n) is 7.89. The van der Waals surface area contributed by atoms with E-state index in [0.29, 0.717) is 5.82 Å². The van der Waals surface area contributed by atoms with Crippen molar-refractivity contribution in [2.24, 2.45) is 0 Å². The lowest BCUT2D eigenvalue weighted by Gasteiger charge is -2.12. The maximum absolute atomic E-state index is 6.70. The van der Waals surface area contributed by atoms with Crippen molar-refractivity contribution in [3.8, 4) is 67.4 Å². The minimum atomic E-state index is 0.671. The van der Waals surface area contributed by atoms with E-state index in [1.165, 1.54) is 0 Å². The van der Waals surface area contributed by atoms with Crippen molar-refractivity contribution < 1.29 is 8.83 Å². The Morgan fingerprint density at radius 3 is 1.75 bits per heavy atom. The van der Waals surface area contributed by atoms with Gasteiger partial charge in [0, 0.05) is 61.1 Å². The number of nitrogens with zero attached hydrogens (tertiary/aromatic N) is 3. The zero-order chi connectivity index (χ0) is 37.0. The average Bonchev–Trinajstić information content (AvgIpc) is 3.86. The zero-order valence-electron chi connectivity index (χ0n) is 30.1. The largest absolute Gasteiger partial charge is 0.455 e. The number of hydrogen-bond donors (Lipinski definition) is 0. The number of rotatable bonds is 6. The van der Waals surface area contributed by atoms with Crippen LogP contribution in [0.2, 0.25) is 0 Å². The SMILES string of the molecule is c1ccc(-c2nc(-c3ccc(-c4ccc(-c5cccc6c5oc5ccccc56)c5c4oc4ccccc45)cc3)cc(-c3cccc(-c4ccccn4)c3)n2)cc1. The Kier molecular flexibility index (Phi) is 7.42. The van der Waals surface area contributed by atoms with E-state index in [-0.39, 0.29) is 0 Å². The van der Waals surface area contributed by atoms with Crippen molar-refractivity contribution in [2.75, 3.05) is 0 Å². The number of fused-ring (bicyclic) bond motifs is 6. The van der Waals surface area contributed by atoms with Gasteiger partial charge in [0.05, 0.1) is 17.1 Å². The van der Waals surface area contributed by atoms with Crippen LogP contribution in [0.4, 0.5) is 0 Å². The highest BCUT2D eigenvalue weighted by atomic mass is 16.3. The maximum Gasteiger partial charge on any atom is 0.160 e. The molecule has 7 aromatic carbocycles. The molecule has 11 aromatic rings. The number of para-hydroxylation sites is 3. The van der Waals surface area contributed by atoms with Crippen LogP contribution in [-0.2, 0) is 0 Å². The Labute approximate surface area is 322 Å². The molecule has 0 N–H and O–H groups in total. The van der Waals surface area contributed by atoms with E-state index in [9.17, 15) is 0 Å². The molecule has 56 heavy (non-hydrogen) atoms. The molecule has 0 unspecified atom stereocenters. The van der Waals surface area contributed by atoms with Crippen molar-refractivity contribution in [2.45, 2.75) is 0 Å². The molecule has 0 aliphatic heterocycles. The Hall–Kier alpha value is -7.63. The van der Waals surface area contributed by atoms with Gasteiger partial charge in [0.2, 0.25) is 0 Å². The number of benzene rings is 7. The van der Waals surface area contributed by atoms with Gasteiger partial charge in [-0.05, 0) is 53.6 Å². The topological polar surface area (TPSA) is 65.0 Å². The molecular formula is C51H31N3O2. The molecule has 0 saturated carbocycles. The van der Waals surface area contributed by atoms with Crippen molar-refractivity contribution >= 4 is 43.9 Å². The van der Waals surface area contributed by atoms with Crippen molar-refractivity contribution in [1.82, 2.24) is 15.0 Å². The summed E-state index contributed by atoms with van der Waals surface area (Å²) in [6, 6.07) is 62.4. The molecule has 4 heterocycles. The molecule has 4 aromatic heterocycles. The number of aromatic nitrogens is 3. The van der Waals surface area contributed by atoms with Crippen LogP contribution in [0.15, 0.2) is 197 Å². The summed E-state index contributed by atoms with van der Waals surface area (Å²) >= 11 is 0. The van der Waals surface area contributed by atoms with Crippen LogP contribution in [0.1, 0.15) is 0 Å². The summed E-state index contributed by atoms with van der Waals surface area (Å²) in [5.41, 5.74) is 14.2. The third kappa shape index (κ3) is 5.37. The van der Waals surface area contributed by atoms with Crippen LogP contribution in [0.25, 0.3) is 111 Å². The van der Waals surface area contributed by atoms with Gasteiger partial charge in [0.1, 0.15) is 22.3 Å². The van der Waals surface area contributed by atoms with Gasteiger partial charge in [0.25, 0.3) is 0 Å². The van der Waals surface area contributed by atoms with Crippen LogP contribution < -0.4 is 0 Å². The predicted octanol–water partition coefficient (Wildman–Crippen LogP) is 13.7. The third-order valence-electron chi connectivity index (χ3n) is 10.6. The second-order valence-corrected chi connectivity index (χ2v) is 13.9. The molecule has 11 rings (SSSR count). The Bertz CT molecular complexity index is 3240. The lowest BCUT2D eigenvalue weighted by molar-refractivity contribution is 0.669. The Morgan fingerprint density at radius 2 is 0.946 bits per heavy atom. The summed E-state index contributed by atoms with van der Waals surface area (Å²) in [6.45, 7) is 0. The van der Waals surface area contributed by atoms with E-state index in [2.05, 4.69) is 114 Å². The third-order valence-corrected chi connectivity index (χ3v) is 10.6. The summed E-state index contributed by atoms with van der Waals surface area (Å²) in [5, 5.41) is 4.34. The molecule has 0 radical (unpaired) electrons. The van der Waals surface area contributed by atoms with E-state index >= 15 is 0 Å². The van der Waals surface area contributed by atoms with Gasteiger partial charge in [-0.1, -0.05) is 140 Å². The first-order chi connectivity index (χ1) is 27.7. The highest BCUT2D eigenvalue weighted by Gasteiger charge is 2.21. The van der Waals surface area contributed by atoms with Crippen LogP contribution in [-0.4, -0.2) is 15.0 Å². The van der Waals surface area contributed by atoms with Gasteiger partial charge in [-0.25, -0.2) is 9.97 Å². The first-order valence-corrected chi connectivity index (χ1v) is 18.7. The molecule has 262 valence electrons. The van der Waals surface area contributed by atoms with Crippen LogP contribution >= 0.6 is 0 Å². The summed E-state index contributed by atoms with van der Waals surface area (Å²) in [6.07, 6.45) is 1.82. The van der Waals surface area contributed by atoms with Crippen molar-refractivity contribution in [3.63, 3.8) is 0 Å². The maximum atomic E-state index is 6.70. The van der Waals surface area contributed by atoms with Gasteiger partial charge < -0.3 is 8.83 Å². The van der Waals surface area contributed by atoms with Crippen LogP contribution in [0.3, 0.4) is 0 Å². The zero-order valence-corrected chi connectivity index (χ0v) is 30.1. The van der Waals surface area contributed by atoms with Gasteiger partial charge >= 0.3 is 0 Å². The predicted molar refractivity (Wildman–Crippen MR) is 227 cm³/mol. The number of pyridine rings is 1. The van der Waals surface area contributed by atoms with Crippen molar-refractivity contribution in [1.29, 1.82) is 0 Å². The van der Waals surface area contributed by atoms with E-state index in [1.54, 1.807) is 0 Å². The molecular weight excluding hydrogens is 687 g/mol. The van der Waals surface area contributed by atoms with Gasteiger partial charge in [-0.2, -0.15) is 0 Å². The molecule has 0 aliphatic carbocycles. The summed E-state index contributed by atoms with van der Waals surface area (Å²) in [5.74, 6) is 0.671. The molecule has 0 atom stereocenters. The molecule has 0 amide bonds. The molecule has 0 bridgehead atoms. The highest BCUT2D eigenvalue weighted by molar-refractivity contribution is 6.19. The van der Waals surface area contributed by atoms with Gasteiger partial charge in [-0.3, -0.25) is 4.98 Å².